The van der Waals surface area contributed by atoms with Crippen molar-refractivity contribution in [3.05, 3.63) is 24.0 Å². The van der Waals surface area contributed by atoms with Crippen LogP contribution >= 0.6 is 0 Å². The van der Waals surface area contributed by atoms with Gasteiger partial charge in [-0.25, -0.2) is 12.8 Å². The largest absolute Gasteiger partial charge is 0.396 e. The third-order valence-corrected chi connectivity index (χ3v) is 3.83. The van der Waals surface area contributed by atoms with Crippen LogP contribution in [-0.2, 0) is 9.84 Å². The van der Waals surface area contributed by atoms with Gasteiger partial charge in [0.25, 0.3) is 0 Å². The molecule has 0 saturated carbocycles. The lowest BCUT2D eigenvalue weighted by Gasteiger charge is -2.10. The van der Waals surface area contributed by atoms with Crippen LogP contribution in [0.2, 0.25) is 0 Å². The topological polar surface area (TPSA) is 63.4 Å². The van der Waals surface area contributed by atoms with Gasteiger partial charge in [-0.2, -0.15) is 0 Å². The molecule has 0 aromatic heterocycles. The van der Waals surface area contributed by atoms with Gasteiger partial charge in [-0.15, -0.1) is 0 Å². The molecular weight excluding hydrogens is 231 g/mol. The van der Waals surface area contributed by atoms with E-state index in [2.05, 4.69) is 0 Å². The second-order valence-electron chi connectivity index (χ2n) is 3.81. The zero-order valence-corrected chi connectivity index (χ0v) is 10.1. The predicted octanol–water partition coefficient (Wildman–Crippen LogP) is 0.743. The van der Waals surface area contributed by atoms with Crippen LogP contribution in [0.3, 0.4) is 0 Å². The number of anilines is 1. The smallest absolute Gasteiger partial charge is 0.179 e. The first kappa shape index (κ1) is 12.9. The summed E-state index contributed by atoms with van der Waals surface area (Å²) in [5.41, 5.74) is 5.23. The highest BCUT2D eigenvalue weighted by Gasteiger charge is 2.16. The zero-order valence-electron chi connectivity index (χ0n) is 9.27. The number of nitrogens with zero attached hydrogens (tertiary/aromatic N) is 1. The minimum atomic E-state index is -3.43. The molecule has 0 fully saturated rings. The van der Waals surface area contributed by atoms with E-state index >= 15 is 0 Å². The maximum atomic E-state index is 13.1. The van der Waals surface area contributed by atoms with Gasteiger partial charge in [-0.1, -0.05) is 0 Å². The molecule has 0 heterocycles. The van der Waals surface area contributed by atoms with Gasteiger partial charge in [0, 0.05) is 6.54 Å². The molecule has 1 aromatic rings. The van der Waals surface area contributed by atoms with Crippen LogP contribution in [0, 0.1) is 5.82 Å². The number of halogens is 1. The van der Waals surface area contributed by atoms with Gasteiger partial charge in [0.15, 0.2) is 9.84 Å². The molecule has 0 spiro atoms. The number of sulfone groups is 1. The monoisotopic (exact) mass is 246 g/mol. The summed E-state index contributed by atoms with van der Waals surface area (Å²) in [5.74, 6) is -0.741. The van der Waals surface area contributed by atoms with Crippen LogP contribution in [-0.4, -0.2) is 39.7 Å². The van der Waals surface area contributed by atoms with Crippen LogP contribution in [0.4, 0.5) is 10.1 Å². The molecule has 0 radical (unpaired) electrons. The quantitative estimate of drug-likeness (QED) is 0.796. The molecular formula is C10H15FN2O2S. The highest BCUT2D eigenvalue weighted by atomic mass is 32.2. The molecule has 4 nitrogen and oxygen atoms in total. The Labute approximate surface area is 94.8 Å². The summed E-state index contributed by atoms with van der Waals surface area (Å²) in [4.78, 5) is 1.73. The molecule has 0 bridgehead atoms. The minimum absolute atomic E-state index is 0.0268. The maximum Gasteiger partial charge on any atom is 0.179 e. The average Bonchev–Trinajstić information content (AvgIpc) is 2.19. The number of rotatable bonds is 4. The number of nitrogens with two attached hydrogens (primary N) is 1. The number of nitrogen functional groups attached to an aromatic ring is 1. The van der Waals surface area contributed by atoms with Crippen LogP contribution < -0.4 is 5.73 Å². The first-order valence-electron chi connectivity index (χ1n) is 4.75. The van der Waals surface area contributed by atoms with Gasteiger partial charge in [-0.05, 0) is 32.3 Å². The molecule has 16 heavy (non-hydrogen) atoms. The van der Waals surface area contributed by atoms with E-state index in [0.29, 0.717) is 6.54 Å². The van der Waals surface area contributed by atoms with Gasteiger partial charge >= 0.3 is 0 Å². The molecule has 0 amide bonds. The van der Waals surface area contributed by atoms with Gasteiger partial charge < -0.3 is 10.6 Å². The van der Waals surface area contributed by atoms with E-state index in [9.17, 15) is 12.8 Å². The van der Waals surface area contributed by atoms with Crippen LogP contribution in [0.25, 0.3) is 0 Å². The fourth-order valence-corrected chi connectivity index (χ4v) is 2.52. The molecule has 0 aliphatic rings. The predicted molar refractivity (Wildman–Crippen MR) is 61.4 cm³/mol. The lowest BCUT2D eigenvalue weighted by atomic mass is 10.3. The van der Waals surface area contributed by atoms with Crippen molar-refractivity contribution in [2.45, 2.75) is 4.90 Å². The summed E-state index contributed by atoms with van der Waals surface area (Å²) in [7, 11) is 0.122. The standard InChI is InChI=1S/C10H15FN2O2S/c1-13(2)5-6-16(14,15)8-3-4-10(12)9(11)7-8/h3-4,7H,5-6,12H2,1-2H3. The molecule has 0 aliphatic heterocycles. The van der Waals surface area contributed by atoms with E-state index in [4.69, 9.17) is 5.73 Å². The average molecular weight is 246 g/mol. The summed E-state index contributed by atoms with van der Waals surface area (Å²) in [5, 5.41) is 0. The van der Waals surface area contributed by atoms with Crippen LogP contribution in [0.15, 0.2) is 23.1 Å². The van der Waals surface area contributed by atoms with Crippen molar-refractivity contribution < 1.29 is 12.8 Å². The Balaban J connectivity index is 2.94. The first-order valence-corrected chi connectivity index (χ1v) is 6.40. The van der Waals surface area contributed by atoms with Gasteiger partial charge in [0.05, 0.1) is 16.3 Å². The fraction of sp³-hybridized carbons (Fsp3) is 0.400. The Kier molecular flexibility index (Phi) is 3.88. The molecule has 90 valence electrons. The van der Waals surface area contributed by atoms with Crippen molar-refractivity contribution in [2.24, 2.45) is 0 Å². The molecule has 0 unspecified atom stereocenters. The Morgan fingerprint density at radius 2 is 2.00 bits per heavy atom. The Hall–Kier alpha value is -1.14. The number of hydrogen-bond acceptors (Lipinski definition) is 4. The summed E-state index contributed by atoms with van der Waals surface area (Å²) in [6, 6.07) is 3.54. The summed E-state index contributed by atoms with van der Waals surface area (Å²) >= 11 is 0. The third kappa shape index (κ3) is 3.18. The SMILES string of the molecule is CN(C)CCS(=O)(=O)c1ccc(N)c(F)c1. The van der Waals surface area contributed by atoms with E-state index in [-0.39, 0.29) is 16.3 Å². The molecule has 6 heteroatoms. The highest BCUT2D eigenvalue weighted by molar-refractivity contribution is 7.91. The van der Waals surface area contributed by atoms with Gasteiger partial charge in [0.1, 0.15) is 5.82 Å². The Morgan fingerprint density at radius 1 is 1.38 bits per heavy atom. The molecule has 1 rings (SSSR count). The van der Waals surface area contributed by atoms with Crippen molar-refractivity contribution in [1.29, 1.82) is 0 Å². The first-order chi connectivity index (χ1) is 7.33. The van der Waals surface area contributed by atoms with E-state index in [1.165, 1.54) is 12.1 Å². The second-order valence-corrected chi connectivity index (χ2v) is 5.91. The maximum absolute atomic E-state index is 13.1. The summed E-state index contributed by atoms with van der Waals surface area (Å²) in [6.07, 6.45) is 0. The third-order valence-electron chi connectivity index (χ3n) is 2.14. The molecule has 0 aliphatic carbocycles. The van der Waals surface area contributed by atoms with Gasteiger partial charge in [0.2, 0.25) is 0 Å². The van der Waals surface area contributed by atoms with E-state index in [1.807, 2.05) is 0 Å². The van der Waals surface area contributed by atoms with E-state index < -0.39 is 15.7 Å². The molecule has 2 N–H and O–H groups in total. The van der Waals surface area contributed by atoms with Crippen LogP contribution in [0.1, 0.15) is 0 Å². The zero-order chi connectivity index (χ0) is 12.3. The van der Waals surface area contributed by atoms with E-state index in [0.717, 1.165) is 6.07 Å². The van der Waals surface area contributed by atoms with Crippen molar-refractivity contribution >= 4 is 15.5 Å². The molecule has 0 saturated heterocycles. The Morgan fingerprint density at radius 3 is 2.50 bits per heavy atom. The number of hydrogen-bond donors (Lipinski definition) is 1. The fourth-order valence-electron chi connectivity index (χ4n) is 1.12. The lowest BCUT2D eigenvalue weighted by Crippen LogP contribution is -2.22. The normalized spacial score (nSPS) is 12.0. The molecule has 1 aromatic carbocycles. The Bertz CT molecular complexity index is 472. The summed E-state index contributed by atoms with van der Waals surface area (Å²) < 4.78 is 36.6. The summed E-state index contributed by atoms with van der Waals surface area (Å²) in [6.45, 7) is 0.397. The van der Waals surface area contributed by atoms with Crippen molar-refractivity contribution in [3.8, 4) is 0 Å². The van der Waals surface area contributed by atoms with E-state index in [1.54, 1.807) is 19.0 Å². The second kappa shape index (κ2) is 4.80. The van der Waals surface area contributed by atoms with Crippen molar-refractivity contribution in [3.63, 3.8) is 0 Å². The van der Waals surface area contributed by atoms with Gasteiger partial charge in [-0.3, -0.25) is 0 Å². The van der Waals surface area contributed by atoms with Crippen molar-refractivity contribution in [2.75, 3.05) is 32.1 Å². The minimum Gasteiger partial charge on any atom is -0.396 e. The highest BCUT2D eigenvalue weighted by Crippen LogP contribution is 2.17. The molecule has 0 atom stereocenters. The number of benzene rings is 1. The van der Waals surface area contributed by atoms with Crippen LogP contribution in [0.5, 0.6) is 0 Å². The lowest BCUT2D eigenvalue weighted by molar-refractivity contribution is 0.432. The van der Waals surface area contributed by atoms with Crippen molar-refractivity contribution in [1.82, 2.24) is 4.90 Å².